The largest absolute Gasteiger partial charge is 0.276 e. The molecule has 0 amide bonds. The summed E-state index contributed by atoms with van der Waals surface area (Å²) in [6.45, 7) is 0. The number of carbonyl (C=O) groups excluding carboxylic acids is 1. The second kappa shape index (κ2) is 5.97. The van der Waals surface area contributed by atoms with Crippen LogP contribution in [0.5, 0.6) is 0 Å². The minimum atomic E-state index is -0.443. The fraction of sp³-hybridized carbons (Fsp3) is 0. The van der Waals surface area contributed by atoms with Gasteiger partial charge < -0.3 is 0 Å². The summed E-state index contributed by atoms with van der Waals surface area (Å²) in [5, 5.41) is 1.54. The quantitative estimate of drug-likeness (QED) is 0.501. The summed E-state index contributed by atoms with van der Waals surface area (Å²) in [7, 11) is 0. The molecule has 1 aromatic carbocycles. The van der Waals surface area contributed by atoms with Gasteiger partial charge >= 0.3 is 0 Å². The summed E-state index contributed by atoms with van der Waals surface area (Å²) in [5.41, 5.74) is 1.44. The molecule has 0 atom stereocenters. The van der Waals surface area contributed by atoms with Crippen LogP contribution in [0.2, 0.25) is 0 Å². The monoisotopic (exact) mass is 318 g/mol. The van der Waals surface area contributed by atoms with Gasteiger partial charge in [-0.05, 0) is 41.2 Å². The van der Waals surface area contributed by atoms with Crippen LogP contribution in [0.25, 0.3) is 10.4 Å². The molecular weight excluding hydrogens is 313 g/mol. The van der Waals surface area contributed by atoms with Crippen LogP contribution >= 0.6 is 35.6 Å². The number of carbonyl (C=O) groups is 1. The first kappa shape index (κ1) is 13.9. The molecule has 0 bridgehead atoms. The first-order valence-electron chi connectivity index (χ1n) is 4.25. The molecule has 2 rings (SSSR count). The average Bonchev–Trinajstić information content (AvgIpc) is 2.71. The van der Waals surface area contributed by atoms with Crippen LogP contribution in [0.15, 0.2) is 40.6 Å². The van der Waals surface area contributed by atoms with Crippen LogP contribution in [-0.4, -0.2) is 5.24 Å². The van der Waals surface area contributed by atoms with Gasteiger partial charge in [0.05, 0.1) is 0 Å². The minimum Gasteiger partial charge on any atom is -0.276 e. The molecule has 1 nitrogen and oxygen atoms in total. The van der Waals surface area contributed by atoms with E-state index >= 15 is 0 Å². The molecule has 1 heterocycles. The Morgan fingerprint density at radius 1 is 1.31 bits per heavy atom. The van der Waals surface area contributed by atoms with Crippen molar-refractivity contribution in [1.29, 1.82) is 0 Å². The summed E-state index contributed by atoms with van der Waals surface area (Å²) >= 11 is 11.4. The van der Waals surface area contributed by atoms with E-state index in [0.29, 0.717) is 5.56 Å². The standard InChI is InChI=1S/C11H7ClOS2.Zn/c12-11(13)7-3-4-9(14)8(6-7)10-2-1-5-15-10;/h1-6,14H;. The fourth-order valence-corrected chi connectivity index (χ4v) is 2.50. The van der Waals surface area contributed by atoms with Crippen molar-refractivity contribution in [1.82, 2.24) is 0 Å². The van der Waals surface area contributed by atoms with Gasteiger partial charge in [0, 0.05) is 40.4 Å². The van der Waals surface area contributed by atoms with Crippen LogP contribution < -0.4 is 0 Å². The van der Waals surface area contributed by atoms with Gasteiger partial charge in [0.15, 0.2) is 0 Å². The summed E-state index contributed by atoms with van der Waals surface area (Å²) < 4.78 is 0. The van der Waals surface area contributed by atoms with Gasteiger partial charge in [-0.25, -0.2) is 0 Å². The summed E-state index contributed by atoms with van der Waals surface area (Å²) in [6, 6.07) is 9.18. The molecular formula is C11H7ClOS2Zn. The van der Waals surface area contributed by atoms with Crippen molar-refractivity contribution in [2.45, 2.75) is 4.90 Å². The van der Waals surface area contributed by atoms with Crippen molar-refractivity contribution in [3.05, 3.63) is 41.3 Å². The zero-order chi connectivity index (χ0) is 10.8. The van der Waals surface area contributed by atoms with Crippen molar-refractivity contribution in [2.75, 3.05) is 0 Å². The van der Waals surface area contributed by atoms with Crippen molar-refractivity contribution in [3.63, 3.8) is 0 Å². The third kappa shape index (κ3) is 2.95. The van der Waals surface area contributed by atoms with Gasteiger partial charge in [0.1, 0.15) is 0 Å². The number of thiophene rings is 1. The molecule has 0 radical (unpaired) electrons. The van der Waals surface area contributed by atoms with Gasteiger partial charge in [-0.15, -0.1) is 24.0 Å². The summed E-state index contributed by atoms with van der Waals surface area (Å²) in [6.07, 6.45) is 0. The molecule has 2 aromatic rings. The van der Waals surface area contributed by atoms with Crippen LogP contribution in [0.1, 0.15) is 10.4 Å². The fourth-order valence-electron chi connectivity index (χ4n) is 1.29. The van der Waals surface area contributed by atoms with Crippen LogP contribution in [0.3, 0.4) is 0 Å². The second-order valence-corrected chi connectivity index (χ2v) is 4.76. The van der Waals surface area contributed by atoms with E-state index in [1.807, 2.05) is 17.5 Å². The first-order chi connectivity index (χ1) is 7.18. The van der Waals surface area contributed by atoms with Crippen LogP contribution in [0.4, 0.5) is 0 Å². The van der Waals surface area contributed by atoms with Crippen LogP contribution in [-0.2, 0) is 19.5 Å². The Hall–Kier alpha value is -0.147. The van der Waals surface area contributed by atoms with E-state index in [4.69, 9.17) is 11.6 Å². The topological polar surface area (TPSA) is 17.1 Å². The number of thiol groups is 1. The molecule has 78 valence electrons. The second-order valence-electron chi connectivity index (χ2n) is 2.98. The van der Waals surface area contributed by atoms with Gasteiger partial charge in [0.25, 0.3) is 5.24 Å². The molecule has 0 N–H and O–H groups in total. The molecule has 0 aliphatic carbocycles. The maximum Gasteiger partial charge on any atom is 0.252 e. The van der Waals surface area contributed by atoms with Gasteiger partial charge in [-0.3, -0.25) is 4.79 Å². The number of benzene rings is 1. The number of hydrogen-bond donors (Lipinski definition) is 1. The first-order valence-corrected chi connectivity index (χ1v) is 5.95. The zero-order valence-electron chi connectivity index (χ0n) is 8.31. The molecule has 0 saturated carbocycles. The number of halogens is 1. The maximum absolute atomic E-state index is 11.0. The molecule has 0 saturated heterocycles. The van der Waals surface area contributed by atoms with Crippen molar-refractivity contribution < 1.29 is 24.3 Å². The van der Waals surface area contributed by atoms with Gasteiger partial charge in [-0.2, -0.15) is 0 Å². The van der Waals surface area contributed by atoms with Gasteiger partial charge in [-0.1, -0.05) is 6.07 Å². The third-order valence-corrected chi connectivity index (χ3v) is 3.52. The molecule has 5 heteroatoms. The van der Waals surface area contributed by atoms with Crippen molar-refractivity contribution >= 4 is 40.8 Å². The Balaban J connectivity index is 0.00000128. The molecule has 0 spiro atoms. The Kier molecular flexibility index (Phi) is 5.19. The molecule has 0 aliphatic rings. The van der Waals surface area contributed by atoms with E-state index in [2.05, 4.69) is 12.6 Å². The summed E-state index contributed by atoms with van der Waals surface area (Å²) in [4.78, 5) is 13.0. The Labute approximate surface area is 121 Å². The van der Waals surface area contributed by atoms with Crippen LogP contribution in [0, 0.1) is 0 Å². The molecule has 0 unspecified atom stereocenters. The van der Waals surface area contributed by atoms with E-state index in [-0.39, 0.29) is 19.5 Å². The van der Waals surface area contributed by atoms with E-state index in [1.165, 1.54) is 0 Å². The molecule has 0 aliphatic heterocycles. The zero-order valence-corrected chi connectivity index (χ0v) is 13.7. The maximum atomic E-state index is 11.0. The van der Waals surface area contributed by atoms with E-state index in [0.717, 1.165) is 15.3 Å². The van der Waals surface area contributed by atoms with E-state index in [1.54, 1.807) is 29.5 Å². The predicted molar refractivity (Wildman–Crippen MR) is 67.2 cm³/mol. The summed E-state index contributed by atoms with van der Waals surface area (Å²) in [5.74, 6) is 0. The molecule has 0 fully saturated rings. The SMILES string of the molecule is O=C(Cl)c1ccc(S)c(-c2cccs2)c1.[Zn]. The minimum absolute atomic E-state index is 0. The van der Waals surface area contributed by atoms with Crippen molar-refractivity contribution in [2.24, 2.45) is 0 Å². The molecule has 1 aromatic heterocycles. The third-order valence-electron chi connectivity index (χ3n) is 2.01. The molecule has 16 heavy (non-hydrogen) atoms. The average molecular weight is 320 g/mol. The van der Waals surface area contributed by atoms with E-state index in [9.17, 15) is 4.79 Å². The smallest absolute Gasteiger partial charge is 0.252 e. The van der Waals surface area contributed by atoms with E-state index < -0.39 is 5.24 Å². The number of hydrogen-bond acceptors (Lipinski definition) is 3. The van der Waals surface area contributed by atoms with Crippen molar-refractivity contribution in [3.8, 4) is 10.4 Å². The number of rotatable bonds is 2. The van der Waals surface area contributed by atoms with Gasteiger partial charge in [0.2, 0.25) is 0 Å². The Morgan fingerprint density at radius 2 is 2.06 bits per heavy atom. The normalized spacial score (nSPS) is 9.62. The Morgan fingerprint density at radius 3 is 2.62 bits per heavy atom. The predicted octanol–water partition coefficient (Wildman–Crippen LogP) is 4.08. The Bertz CT molecular complexity index is 497.